The van der Waals surface area contributed by atoms with Crippen LogP contribution in [0.15, 0.2) is 35.3 Å². The minimum Gasteiger partial charge on any atom is -0.368 e. The van der Waals surface area contributed by atoms with Crippen LogP contribution in [0.5, 0.6) is 0 Å². The second-order valence-corrected chi connectivity index (χ2v) is 7.08. The Bertz CT molecular complexity index is 596. The topological polar surface area (TPSA) is 60.0 Å². The van der Waals surface area contributed by atoms with E-state index >= 15 is 0 Å². The Morgan fingerprint density at radius 1 is 1.11 bits per heavy atom. The van der Waals surface area contributed by atoms with Gasteiger partial charge >= 0.3 is 0 Å². The van der Waals surface area contributed by atoms with Crippen LogP contribution in [-0.2, 0) is 4.79 Å². The van der Waals surface area contributed by atoms with Crippen molar-refractivity contribution < 1.29 is 4.79 Å². The molecule has 3 rings (SSSR count). The summed E-state index contributed by atoms with van der Waals surface area (Å²) in [6.07, 6.45) is 5.24. The van der Waals surface area contributed by atoms with E-state index in [1.165, 1.54) is 18.5 Å². The second-order valence-electron chi connectivity index (χ2n) is 7.08. The molecule has 2 aliphatic rings. The SMILES string of the molecule is CN=C(NCCC(=O)NC1CCCC1)N1CCN(c2ccccc2)CC1.I. The lowest BCUT2D eigenvalue weighted by Crippen LogP contribution is -2.53. The van der Waals surface area contributed by atoms with Crippen LogP contribution in [0.4, 0.5) is 5.69 Å². The van der Waals surface area contributed by atoms with E-state index < -0.39 is 0 Å². The van der Waals surface area contributed by atoms with Gasteiger partial charge < -0.3 is 20.4 Å². The predicted molar refractivity (Wildman–Crippen MR) is 122 cm³/mol. The molecule has 1 heterocycles. The summed E-state index contributed by atoms with van der Waals surface area (Å²) in [7, 11) is 1.81. The maximum Gasteiger partial charge on any atom is 0.221 e. The summed E-state index contributed by atoms with van der Waals surface area (Å²) >= 11 is 0. The molecule has 0 radical (unpaired) electrons. The van der Waals surface area contributed by atoms with Gasteiger partial charge in [-0.2, -0.15) is 0 Å². The molecule has 1 saturated heterocycles. The lowest BCUT2D eigenvalue weighted by Gasteiger charge is -2.37. The van der Waals surface area contributed by atoms with E-state index in [9.17, 15) is 4.79 Å². The molecule has 0 bridgehead atoms. The average molecular weight is 485 g/mol. The van der Waals surface area contributed by atoms with Gasteiger partial charge in [0.05, 0.1) is 0 Å². The highest BCUT2D eigenvalue weighted by Gasteiger charge is 2.20. The van der Waals surface area contributed by atoms with E-state index in [4.69, 9.17) is 0 Å². The molecule has 27 heavy (non-hydrogen) atoms. The molecule has 1 aromatic carbocycles. The fourth-order valence-corrected chi connectivity index (χ4v) is 3.81. The van der Waals surface area contributed by atoms with Crippen LogP contribution in [0.3, 0.4) is 0 Å². The molecule has 1 aromatic rings. The van der Waals surface area contributed by atoms with Crippen LogP contribution >= 0.6 is 24.0 Å². The number of rotatable bonds is 5. The number of para-hydroxylation sites is 1. The summed E-state index contributed by atoms with van der Waals surface area (Å²) in [6, 6.07) is 10.9. The number of carbonyl (C=O) groups is 1. The van der Waals surface area contributed by atoms with Gasteiger partial charge in [0.2, 0.25) is 5.91 Å². The van der Waals surface area contributed by atoms with E-state index in [0.717, 1.165) is 45.0 Å². The van der Waals surface area contributed by atoms with Crippen molar-refractivity contribution in [3.8, 4) is 0 Å². The van der Waals surface area contributed by atoms with E-state index in [1.54, 1.807) is 0 Å². The van der Waals surface area contributed by atoms with Crippen molar-refractivity contribution >= 4 is 41.5 Å². The summed E-state index contributed by atoms with van der Waals surface area (Å²) in [5, 5.41) is 6.48. The van der Waals surface area contributed by atoms with Gasteiger partial charge in [0.25, 0.3) is 0 Å². The minimum absolute atomic E-state index is 0. The Labute approximate surface area is 179 Å². The van der Waals surface area contributed by atoms with Crippen molar-refractivity contribution in [3.05, 3.63) is 30.3 Å². The van der Waals surface area contributed by atoms with Crippen LogP contribution in [0.25, 0.3) is 0 Å². The zero-order valence-corrected chi connectivity index (χ0v) is 18.5. The van der Waals surface area contributed by atoms with E-state index in [0.29, 0.717) is 19.0 Å². The van der Waals surface area contributed by atoms with E-state index in [1.807, 2.05) is 13.1 Å². The summed E-state index contributed by atoms with van der Waals surface area (Å²) in [4.78, 5) is 21.1. The molecule has 0 atom stereocenters. The molecular weight excluding hydrogens is 453 g/mol. The molecule has 1 amide bonds. The van der Waals surface area contributed by atoms with Crippen molar-refractivity contribution in [3.63, 3.8) is 0 Å². The Kier molecular flexibility index (Phi) is 9.17. The number of amides is 1. The zero-order valence-electron chi connectivity index (χ0n) is 16.2. The highest BCUT2D eigenvalue weighted by Crippen LogP contribution is 2.17. The highest BCUT2D eigenvalue weighted by atomic mass is 127. The number of guanidine groups is 1. The van der Waals surface area contributed by atoms with Crippen molar-refractivity contribution in [1.82, 2.24) is 15.5 Å². The monoisotopic (exact) mass is 485 g/mol. The van der Waals surface area contributed by atoms with Crippen LogP contribution < -0.4 is 15.5 Å². The molecule has 0 spiro atoms. The van der Waals surface area contributed by atoms with Crippen molar-refractivity contribution in [2.24, 2.45) is 4.99 Å². The van der Waals surface area contributed by atoms with Crippen LogP contribution in [0, 0.1) is 0 Å². The number of aliphatic imine (C=N–C) groups is 1. The number of anilines is 1. The molecule has 0 aromatic heterocycles. The number of nitrogens with one attached hydrogen (secondary N) is 2. The fourth-order valence-electron chi connectivity index (χ4n) is 3.81. The van der Waals surface area contributed by atoms with Gasteiger partial charge in [-0.05, 0) is 25.0 Å². The Balaban J connectivity index is 0.00000261. The Morgan fingerprint density at radius 2 is 1.78 bits per heavy atom. The smallest absolute Gasteiger partial charge is 0.221 e. The van der Waals surface area contributed by atoms with Gasteiger partial charge in [-0.25, -0.2) is 0 Å². The van der Waals surface area contributed by atoms with Crippen LogP contribution in [-0.4, -0.2) is 62.6 Å². The third-order valence-corrected chi connectivity index (χ3v) is 5.27. The summed E-state index contributed by atoms with van der Waals surface area (Å²) in [5.41, 5.74) is 1.28. The average Bonchev–Trinajstić information content (AvgIpc) is 3.19. The number of benzene rings is 1. The number of halogens is 1. The molecule has 1 aliphatic carbocycles. The Morgan fingerprint density at radius 3 is 2.41 bits per heavy atom. The minimum atomic E-state index is 0. The maximum atomic E-state index is 12.0. The molecule has 2 fully saturated rings. The first-order chi connectivity index (χ1) is 12.8. The molecule has 1 aliphatic heterocycles. The first-order valence-corrected chi connectivity index (χ1v) is 9.81. The van der Waals surface area contributed by atoms with Gasteiger partial charge in [-0.15, -0.1) is 24.0 Å². The number of hydrogen-bond acceptors (Lipinski definition) is 3. The third-order valence-electron chi connectivity index (χ3n) is 5.27. The fraction of sp³-hybridized carbons (Fsp3) is 0.600. The Hall–Kier alpha value is -1.51. The molecule has 1 saturated carbocycles. The van der Waals surface area contributed by atoms with E-state index in [-0.39, 0.29) is 29.9 Å². The third kappa shape index (κ3) is 6.55. The van der Waals surface area contributed by atoms with Gasteiger partial charge in [0.15, 0.2) is 5.96 Å². The number of carbonyl (C=O) groups excluding carboxylic acids is 1. The largest absolute Gasteiger partial charge is 0.368 e. The van der Waals surface area contributed by atoms with E-state index in [2.05, 4.69) is 49.7 Å². The van der Waals surface area contributed by atoms with Crippen LogP contribution in [0.1, 0.15) is 32.1 Å². The number of nitrogens with zero attached hydrogens (tertiary/aromatic N) is 3. The second kappa shape index (κ2) is 11.4. The summed E-state index contributed by atoms with van der Waals surface area (Å²) < 4.78 is 0. The standard InChI is InChI=1S/C20H31N5O.HI/c1-21-20(22-12-11-19(26)23-17-7-5-6-8-17)25-15-13-24(14-16-25)18-9-3-2-4-10-18;/h2-4,9-10,17H,5-8,11-16H2,1H3,(H,21,22)(H,23,26);1H. The van der Waals surface area contributed by atoms with Gasteiger partial charge in [0, 0.05) is 57.9 Å². The van der Waals surface area contributed by atoms with Gasteiger partial charge in [-0.3, -0.25) is 9.79 Å². The predicted octanol–water partition coefficient (Wildman–Crippen LogP) is 2.45. The molecule has 150 valence electrons. The van der Waals surface area contributed by atoms with Crippen LogP contribution in [0.2, 0.25) is 0 Å². The van der Waals surface area contributed by atoms with Gasteiger partial charge in [0.1, 0.15) is 0 Å². The maximum absolute atomic E-state index is 12.0. The lowest BCUT2D eigenvalue weighted by atomic mass is 10.2. The van der Waals surface area contributed by atoms with Gasteiger partial charge in [-0.1, -0.05) is 31.0 Å². The van der Waals surface area contributed by atoms with Crippen molar-refractivity contribution in [1.29, 1.82) is 0 Å². The molecule has 0 unspecified atom stereocenters. The molecule has 2 N–H and O–H groups in total. The quantitative estimate of drug-likeness (QED) is 0.382. The molecule has 6 nitrogen and oxygen atoms in total. The van der Waals surface area contributed by atoms with Crippen molar-refractivity contribution in [2.45, 2.75) is 38.1 Å². The first kappa shape index (κ1) is 21.8. The lowest BCUT2D eigenvalue weighted by molar-refractivity contribution is -0.121. The first-order valence-electron chi connectivity index (χ1n) is 9.81. The molecule has 7 heteroatoms. The highest BCUT2D eigenvalue weighted by molar-refractivity contribution is 14.0. The molecular formula is C20H32IN5O. The zero-order chi connectivity index (χ0) is 18.2. The summed E-state index contributed by atoms with van der Waals surface area (Å²) in [5.74, 6) is 1.04. The number of piperazine rings is 1. The summed E-state index contributed by atoms with van der Waals surface area (Å²) in [6.45, 7) is 4.45. The normalized spacial score (nSPS) is 18.2. The number of hydrogen-bond donors (Lipinski definition) is 2. The van der Waals surface area contributed by atoms with Crippen molar-refractivity contribution in [2.75, 3.05) is 44.7 Å².